The van der Waals surface area contributed by atoms with Crippen molar-refractivity contribution in [1.82, 2.24) is 9.78 Å². The minimum absolute atomic E-state index is 0.0709. The molecule has 2 heterocycles. The Hall–Kier alpha value is -2.21. The molecule has 0 saturated carbocycles. The number of methoxy groups -OCH3 is 1. The molecule has 0 saturated heterocycles. The van der Waals surface area contributed by atoms with E-state index in [9.17, 15) is 4.79 Å². The van der Waals surface area contributed by atoms with Gasteiger partial charge in [-0.3, -0.25) is 4.79 Å². The van der Waals surface area contributed by atoms with Crippen LogP contribution in [0.2, 0.25) is 15.1 Å². The molecule has 5 nitrogen and oxygen atoms in total. The van der Waals surface area contributed by atoms with Crippen LogP contribution in [-0.4, -0.2) is 23.4 Å². The molecule has 0 fully saturated rings. The van der Waals surface area contributed by atoms with E-state index in [1.807, 2.05) is 12.1 Å². The molecule has 0 bridgehead atoms. The average molecular weight is 437 g/mol. The van der Waals surface area contributed by atoms with Gasteiger partial charge in [0.2, 0.25) is 0 Å². The highest BCUT2D eigenvalue weighted by Crippen LogP contribution is 2.33. The molecular weight excluding hydrogens is 421 g/mol. The molecule has 0 aliphatic carbocycles. The predicted octanol–water partition coefficient (Wildman–Crippen LogP) is 4.76. The molecule has 4 rings (SSSR count). The first-order chi connectivity index (χ1) is 13.5. The Labute approximate surface area is 177 Å². The molecule has 0 unspecified atom stereocenters. The summed E-state index contributed by atoms with van der Waals surface area (Å²) in [4.78, 5) is 14.5. The molecule has 0 radical (unpaired) electrons. The van der Waals surface area contributed by atoms with Crippen molar-refractivity contribution in [2.75, 3.05) is 18.6 Å². The maximum atomic E-state index is 12.3. The van der Waals surface area contributed by atoms with Crippen molar-refractivity contribution < 1.29 is 4.74 Å². The van der Waals surface area contributed by atoms with E-state index >= 15 is 0 Å². The summed E-state index contributed by atoms with van der Waals surface area (Å²) in [5.41, 5.74) is 3.46. The quantitative estimate of drug-likeness (QED) is 0.594. The molecule has 3 aromatic rings. The molecule has 2 aromatic carbocycles. The summed E-state index contributed by atoms with van der Waals surface area (Å²) in [5, 5.41) is 4.62. The Kier molecular flexibility index (Phi) is 5.23. The fourth-order valence-corrected chi connectivity index (χ4v) is 3.89. The van der Waals surface area contributed by atoms with E-state index < -0.39 is 5.56 Å². The second-order valence-electron chi connectivity index (χ2n) is 6.47. The zero-order valence-electron chi connectivity index (χ0n) is 15.0. The summed E-state index contributed by atoms with van der Waals surface area (Å²) in [7, 11) is 1.66. The number of hydrogen-bond acceptors (Lipinski definition) is 4. The zero-order valence-corrected chi connectivity index (χ0v) is 17.2. The molecule has 0 atom stereocenters. The van der Waals surface area contributed by atoms with Crippen LogP contribution < -0.4 is 15.2 Å². The standard InChI is InChI=1S/C20H16Cl3N3O2/c1-28-15-4-2-12-6-7-25(11-13(12)8-15)18-5-3-14(9-16(18)21)26-20(27)19(23)17(22)10-24-26/h2-5,8-10H,6-7,11H2,1H3. The van der Waals surface area contributed by atoms with Gasteiger partial charge in [0.25, 0.3) is 5.56 Å². The van der Waals surface area contributed by atoms with Crippen LogP contribution in [0.4, 0.5) is 5.69 Å². The van der Waals surface area contributed by atoms with Gasteiger partial charge in [-0.25, -0.2) is 0 Å². The molecule has 28 heavy (non-hydrogen) atoms. The van der Waals surface area contributed by atoms with Crippen LogP contribution in [0.15, 0.2) is 47.4 Å². The lowest BCUT2D eigenvalue weighted by atomic mass is 9.99. The van der Waals surface area contributed by atoms with E-state index in [2.05, 4.69) is 22.1 Å². The molecule has 8 heteroatoms. The van der Waals surface area contributed by atoms with E-state index in [4.69, 9.17) is 39.5 Å². The highest BCUT2D eigenvalue weighted by Gasteiger charge is 2.20. The van der Waals surface area contributed by atoms with Gasteiger partial charge in [0.05, 0.1) is 34.7 Å². The lowest BCUT2D eigenvalue weighted by Crippen LogP contribution is -2.30. The zero-order chi connectivity index (χ0) is 19.8. The van der Waals surface area contributed by atoms with Gasteiger partial charge >= 0.3 is 0 Å². The minimum atomic E-state index is -0.489. The number of anilines is 1. The molecule has 0 spiro atoms. The third-order valence-electron chi connectivity index (χ3n) is 4.82. The Morgan fingerprint density at radius 2 is 1.86 bits per heavy atom. The summed E-state index contributed by atoms with van der Waals surface area (Å²) in [6, 6.07) is 11.5. The number of rotatable bonds is 3. The van der Waals surface area contributed by atoms with Crippen LogP contribution in [0.5, 0.6) is 5.75 Å². The number of nitrogens with zero attached hydrogens (tertiary/aromatic N) is 3. The summed E-state index contributed by atoms with van der Waals surface area (Å²) in [5.74, 6) is 0.840. The number of fused-ring (bicyclic) bond motifs is 1. The lowest BCUT2D eigenvalue weighted by Gasteiger charge is -2.31. The maximum absolute atomic E-state index is 12.3. The highest BCUT2D eigenvalue weighted by molar-refractivity contribution is 6.41. The van der Waals surface area contributed by atoms with Crippen molar-refractivity contribution in [3.05, 3.63) is 79.1 Å². The Balaban J connectivity index is 1.66. The maximum Gasteiger partial charge on any atom is 0.291 e. The summed E-state index contributed by atoms with van der Waals surface area (Å²) < 4.78 is 6.52. The average Bonchev–Trinajstić information content (AvgIpc) is 2.71. The van der Waals surface area contributed by atoms with Gasteiger partial charge in [0, 0.05) is 13.1 Å². The van der Waals surface area contributed by atoms with Crippen molar-refractivity contribution in [3.8, 4) is 11.4 Å². The van der Waals surface area contributed by atoms with Gasteiger partial charge < -0.3 is 9.64 Å². The van der Waals surface area contributed by atoms with Gasteiger partial charge in [0.1, 0.15) is 10.8 Å². The van der Waals surface area contributed by atoms with E-state index in [1.54, 1.807) is 19.2 Å². The van der Waals surface area contributed by atoms with Crippen molar-refractivity contribution in [2.24, 2.45) is 0 Å². The van der Waals surface area contributed by atoms with Gasteiger partial charge in [0.15, 0.2) is 0 Å². The van der Waals surface area contributed by atoms with Crippen LogP contribution in [-0.2, 0) is 13.0 Å². The van der Waals surface area contributed by atoms with E-state index in [1.165, 1.54) is 22.0 Å². The van der Waals surface area contributed by atoms with Crippen molar-refractivity contribution in [1.29, 1.82) is 0 Å². The molecular formula is C20H16Cl3N3O2. The third kappa shape index (κ3) is 3.46. The number of benzene rings is 2. The van der Waals surface area contributed by atoms with E-state index in [-0.39, 0.29) is 10.0 Å². The lowest BCUT2D eigenvalue weighted by molar-refractivity contribution is 0.413. The normalized spacial score (nSPS) is 13.4. The number of halogens is 3. The van der Waals surface area contributed by atoms with Crippen LogP contribution >= 0.6 is 34.8 Å². The van der Waals surface area contributed by atoms with E-state index in [0.29, 0.717) is 10.7 Å². The van der Waals surface area contributed by atoms with Crippen LogP contribution in [0.25, 0.3) is 5.69 Å². The van der Waals surface area contributed by atoms with Crippen molar-refractivity contribution >= 4 is 40.5 Å². The third-order valence-corrected chi connectivity index (χ3v) is 5.87. The van der Waals surface area contributed by atoms with Gasteiger partial charge in [-0.15, -0.1) is 0 Å². The summed E-state index contributed by atoms with van der Waals surface area (Å²) in [6.07, 6.45) is 2.26. The van der Waals surface area contributed by atoms with Crippen molar-refractivity contribution in [3.63, 3.8) is 0 Å². The molecule has 1 aromatic heterocycles. The largest absolute Gasteiger partial charge is 0.497 e. The predicted molar refractivity (Wildman–Crippen MR) is 113 cm³/mol. The van der Waals surface area contributed by atoms with E-state index in [0.717, 1.165) is 30.9 Å². The Morgan fingerprint density at radius 1 is 1.04 bits per heavy atom. The molecule has 1 aliphatic rings. The number of ether oxygens (including phenoxy) is 1. The Bertz CT molecular complexity index is 1110. The van der Waals surface area contributed by atoms with Gasteiger partial charge in [-0.1, -0.05) is 40.9 Å². The van der Waals surface area contributed by atoms with Gasteiger partial charge in [-0.05, 0) is 47.9 Å². The number of hydrogen-bond donors (Lipinski definition) is 0. The first-order valence-corrected chi connectivity index (χ1v) is 9.75. The van der Waals surface area contributed by atoms with Crippen molar-refractivity contribution in [2.45, 2.75) is 13.0 Å². The molecule has 0 N–H and O–H groups in total. The monoisotopic (exact) mass is 435 g/mol. The second kappa shape index (κ2) is 7.66. The number of aromatic nitrogens is 2. The Morgan fingerprint density at radius 3 is 2.61 bits per heavy atom. The van der Waals surface area contributed by atoms with Crippen LogP contribution in [0.1, 0.15) is 11.1 Å². The minimum Gasteiger partial charge on any atom is -0.497 e. The smallest absolute Gasteiger partial charge is 0.291 e. The van der Waals surface area contributed by atoms with Gasteiger partial charge in [-0.2, -0.15) is 9.78 Å². The molecule has 0 amide bonds. The molecule has 144 valence electrons. The first-order valence-electron chi connectivity index (χ1n) is 8.62. The fraction of sp³-hybridized carbons (Fsp3) is 0.200. The molecule has 1 aliphatic heterocycles. The first kappa shape index (κ1) is 19.1. The topological polar surface area (TPSA) is 47.4 Å². The van der Waals surface area contributed by atoms with Crippen LogP contribution in [0.3, 0.4) is 0 Å². The fourth-order valence-electron chi connectivity index (χ4n) is 3.35. The SMILES string of the molecule is COc1ccc2c(c1)CN(c1ccc(-n3ncc(Cl)c(Cl)c3=O)cc1Cl)CC2. The highest BCUT2D eigenvalue weighted by atomic mass is 35.5. The second-order valence-corrected chi connectivity index (χ2v) is 7.66. The van der Waals surface area contributed by atoms with Crippen LogP contribution in [0, 0.1) is 0 Å². The summed E-state index contributed by atoms with van der Waals surface area (Å²) >= 11 is 18.3. The summed E-state index contributed by atoms with van der Waals surface area (Å²) in [6.45, 7) is 1.58.